The number of amides is 3. The van der Waals surface area contributed by atoms with E-state index < -0.39 is 0 Å². The number of urea groups is 1. The molecule has 2 atom stereocenters. The maximum Gasteiger partial charge on any atom is 0.317 e. The van der Waals surface area contributed by atoms with Gasteiger partial charge in [-0.05, 0) is 55.3 Å². The Labute approximate surface area is 199 Å². The summed E-state index contributed by atoms with van der Waals surface area (Å²) in [6, 6.07) is 8.55. The maximum atomic E-state index is 12.8. The van der Waals surface area contributed by atoms with E-state index in [0.29, 0.717) is 38.0 Å². The van der Waals surface area contributed by atoms with Crippen molar-refractivity contribution in [2.45, 2.75) is 46.2 Å². The first kappa shape index (κ1) is 24.0. The van der Waals surface area contributed by atoms with E-state index in [-0.39, 0.29) is 11.9 Å². The predicted molar refractivity (Wildman–Crippen MR) is 131 cm³/mol. The molecule has 0 spiro atoms. The zero-order valence-corrected chi connectivity index (χ0v) is 20.5. The third-order valence-corrected chi connectivity index (χ3v) is 7.28. The first-order valence-electron chi connectivity index (χ1n) is 12.8. The Hall–Kier alpha value is -2.12. The van der Waals surface area contributed by atoms with Crippen molar-refractivity contribution in [3.63, 3.8) is 0 Å². The Morgan fingerprint density at radius 3 is 2.24 bits per heavy atom. The first-order chi connectivity index (χ1) is 16.0. The van der Waals surface area contributed by atoms with Gasteiger partial charge in [-0.2, -0.15) is 0 Å². The lowest BCUT2D eigenvalue weighted by molar-refractivity contribution is -0.135. The van der Waals surface area contributed by atoms with Crippen molar-refractivity contribution in [2.75, 3.05) is 58.9 Å². The van der Waals surface area contributed by atoms with Crippen LogP contribution in [0.5, 0.6) is 0 Å². The van der Waals surface area contributed by atoms with Gasteiger partial charge in [0.2, 0.25) is 5.91 Å². The van der Waals surface area contributed by atoms with Crippen molar-refractivity contribution in [1.29, 1.82) is 0 Å². The summed E-state index contributed by atoms with van der Waals surface area (Å²) >= 11 is 0. The fourth-order valence-electron chi connectivity index (χ4n) is 5.59. The normalized spacial score (nSPS) is 24.8. The molecule has 3 amide bonds. The third kappa shape index (κ3) is 6.93. The van der Waals surface area contributed by atoms with Crippen molar-refractivity contribution in [3.05, 3.63) is 35.4 Å². The third-order valence-electron chi connectivity index (χ3n) is 7.28. The van der Waals surface area contributed by atoms with E-state index in [1.807, 2.05) is 9.80 Å². The predicted octanol–water partition coefficient (Wildman–Crippen LogP) is 2.61. The summed E-state index contributed by atoms with van der Waals surface area (Å²) in [5.41, 5.74) is 2.47. The lowest BCUT2D eigenvalue weighted by atomic mass is 9.92. The Morgan fingerprint density at radius 2 is 1.55 bits per heavy atom. The molecule has 3 heterocycles. The number of likely N-dealkylation sites (tertiary alicyclic amines) is 2. The number of benzene rings is 1. The van der Waals surface area contributed by atoms with Gasteiger partial charge in [0.15, 0.2) is 0 Å². The number of nitrogens with one attached hydrogen (secondary N) is 1. The highest BCUT2D eigenvalue weighted by molar-refractivity contribution is 5.78. The van der Waals surface area contributed by atoms with Gasteiger partial charge >= 0.3 is 6.03 Å². The Kier molecular flexibility index (Phi) is 8.25. The van der Waals surface area contributed by atoms with E-state index in [1.165, 1.54) is 37.9 Å². The molecule has 7 nitrogen and oxygen atoms in total. The number of carbonyl (C=O) groups excluding carboxylic acids is 2. The van der Waals surface area contributed by atoms with Gasteiger partial charge < -0.3 is 15.1 Å². The van der Waals surface area contributed by atoms with E-state index in [2.05, 4.69) is 53.2 Å². The van der Waals surface area contributed by atoms with Crippen LogP contribution in [-0.4, -0.2) is 90.4 Å². The standard InChI is InChI=1S/C26H41N5O2/c1-21-14-22(2)18-31(17-21)25(32)20-29-10-12-30(13-11-29)26(33)27-16-23-6-5-7-24(15-23)19-28-8-3-4-9-28/h5-7,15,21-22H,3-4,8-14,16-20H2,1-2H3,(H,27,33). The van der Waals surface area contributed by atoms with Gasteiger partial charge in [-0.3, -0.25) is 14.6 Å². The van der Waals surface area contributed by atoms with Crippen LogP contribution in [0.3, 0.4) is 0 Å². The van der Waals surface area contributed by atoms with Crippen LogP contribution in [0.4, 0.5) is 4.79 Å². The lowest BCUT2D eigenvalue weighted by Gasteiger charge is -2.38. The molecule has 0 saturated carbocycles. The molecule has 3 fully saturated rings. The number of nitrogens with zero attached hydrogens (tertiary/aromatic N) is 4. The second-order valence-corrected chi connectivity index (χ2v) is 10.5. The molecule has 1 N–H and O–H groups in total. The second kappa shape index (κ2) is 11.3. The van der Waals surface area contributed by atoms with E-state index in [4.69, 9.17) is 0 Å². The Balaban J connectivity index is 1.18. The van der Waals surface area contributed by atoms with Crippen LogP contribution in [0.15, 0.2) is 24.3 Å². The SMILES string of the molecule is CC1CC(C)CN(C(=O)CN2CCN(C(=O)NCc3cccc(CN4CCCC4)c3)CC2)C1. The summed E-state index contributed by atoms with van der Waals surface area (Å²) in [4.78, 5) is 34.1. The van der Waals surface area contributed by atoms with Crippen molar-refractivity contribution < 1.29 is 9.59 Å². The van der Waals surface area contributed by atoms with Crippen LogP contribution in [0.1, 0.15) is 44.2 Å². The summed E-state index contributed by atoms with van der Waals surface area (Å²) in [7, 11) is 0. The first-order valence-corrected chi connectivity index (χ1v) is 12.8. The highest BCUT2D eigenvalue weighted by Gasteiger charge is 2.28. The van der Waals surface area contributed by atoms with Gasteiger partial charge in [-0.15, -0.1) is 0 Å². The van der Waals surface area contributed by atoms with E-state index in [9.17, 15) is 9.59 Å². The molecule has 3 aliphatic heterocycles. The number of hydrogen-bond donors (Lipinski definition) is 1. The number of carbonyl (C=O) groups is 2. The largest absolute Gasteiger partial charge is 0.341 e. The van der Waals surface area contributed by atoms with Gasteiger partial charge in [0.1, 0.15) is 0 Å². The molecular weight excluding hydrogens is 414 g/mol. The summed E-state index contributed by atoms with van der Waals surface area (Å²) < 4.78 is 0. The molecule has 0 radical (unpaired) electrons. The smallest absolute Gasteiger partial charge is 0.317 e. The average Bonchev–Trinajstić information content (AvgIpc) is 3.30. The molecule has 4 rings (SSSR count). The zero-order valence-electron chi connectivity index (χ0n) is 20.5. The minimum absolute atomic E-state index is 0.00963. The molecule has 0 aromatic heterocycles. The second-order valence-electron chi connectivity index (χ2n) is 10.5. The van der Waals surface area contributed by atoms with E-state index in [0.717, 1.165) is 38.3 Å². The van der Waals surface area contributed by atoms with Crippen molar-refractivity contribution in [1.82, 2.24) is 24.9 Å². The fourth-order valence-corrected chi connectivity index (χ4v) is 5.59. The van der Waals surface area contributed by atoms with Crippen molar-refractivity contribution >= 4 is 11.9 Å². The molecule has 33 heavy (non-hydrogen) atoms. The highest BCUT2D eigenvalue weighted by atomic mass is 16.2. The Bertz CT molecular complexity index is 792. The molecule has 2 unspecified atom stereocenters. The summed E-state index contributed by atoms with van der Waals surface area (Å²) in [5, 5.41) is 3.09. The summed E-state index contributed by atoms with van der Waals surface area (Å²) in [6.07, 6.45) is 3.81. The van der Waals surface area contributed by atoms with Crippen LogP contribution in [0.25, 0.3) is 0 Å². The Morgan fingerprint density at radius 1 is 0.879 bits per heavy atom. The van der Waals surface area contributed by atoms with Crippen molar-refractivity contribution in [3.8, 4) is 0 Å². The molecular formula is C26H41N5O2. The lowest BCUT2D eigenvalue weighted by Crippen LogP contribution is -2.54. The minimum atomic E-state index is -0.00963. The minimum Gasteiger partial charge on any atom is -0.341 e. The number of piperidine rings is 1. The molecule has 3 aliphatic rings. The molecule has 0 bridgehead atoms. The van der Waals surface area contributed by atoms with Gasteiger partial charge in [0, 0.05) is 52.4 Å². The van der Waals surface area contributed by atoms with Crippen LogP contribution >= 0.6 is 0 Å². The fraction of sp³-hybridized carbons (Fsp3) is 0.692. The molecule has 1 aromatic carbocycles. The summed E-state index contributed by atoms with van der Waals surface area (Å²) in [6.45, 7) is 13.5. The summed E-state index contributed by atoms with van der Waals surface area (Å²) in [5.74, 6) is 1.40. The molecule has 1 aromatic rings. The topological polar surface area (TPSA) is 59.1 Å². The monoisotopic (exact) mass is 455 g/mol. The van der Waals surface area contributed by atoms with E-state index >= 15 is 0 Å². The molecule has 182 valence electrons. The average molecular weight is 456 g/mol. The van der Waals surface area contributed by atoms with Crippen LogP contribution in [-0.2, 0) is 17.9 Å². The van der Waals surface area contributed by atoms with E-state index in [1.54, 1.807) is 0 Å². The molecule has 3 saturated heterocycles. The van der Waals surface area contributed by atoms with Gasteiger partial charge in [0.05, 0.1) is 6.54 Å². The quantitative estimate of drug-likeness (QED) is 0.716. The molecule has 0 aliphatic carbocycles. The maximum absolute atomic E-state index is 12.8. The number of rotatable bonds is 6. The molecule has 7 heteroatoms. The highest BCUT2D eigenvalue weighted by Crippen LogP contribution is 2.21. The van der Waals surface area contributed by atoms with Gasteiger partial charge in [-0.1, -0.05) is 38.1 Å². The van der Waals surface area contributed by atoms with Crippen LogP contribution in [0, 0.1) is 11.8 Å². The van der Waals surface area contributed by atoms with Crippen LogP contribution < -0.4 is 5.32 Å². The van der Waals surface area contributed by atoms with Gasteiger partial charge in [-0.25, -0.2) is 4.79 Å². The zero-order chi connectivity index (χ0) is 23.2. The van der Waals surface area contributed by atoms with Crippen LogP contribution in [0.2, 0.25) is 0 Å². The number of hydrogen-bond acceptors (Lipinski definition) is 4. The number of piperazine rings is 1. The van der Waals surface area contributed by atoms with Gasteiger partial charge in [0.25, 0.3) is 0 Å². The van der Waals surface area contributed by atoms with Crippen molar-refractivity contribution in [2.24, 2.45) is 11.8 Å².